The molecule has 0 spiro atoms. The fraction of sp³-hybridized carbons (Fsp3) is 0.833. The van der Waals surface area contributed by atoms with Crippen molar-refractivity contribution in [1.82, 2.24) is 10.2 Å². The third-order valence-electron chi connectivity index (χ3n) is 3.39. The maximum absolute atomic E-state index is 11.9. The van der Waals surface area contributed by atoms with Crippen LogP contribution in [0.3, 0.4) is 0 Å². The standard InChI is InChI=1S/C12H24N2O2/c1-8(2)11(16)14(7)12(4,5)9(3)10(15)13-6/h8-9H,1-7H3,(H,13,15). The summed E-state index contributed by atoms with van der Waals surface area (Å²) in [6.07, 6.45) is 0. The molecule has 2 amide bonds. The lowest BCUT2D eigenvalue weighted by Gasteiger charge is -2.40. The Morgan fingerprint density at radius 2 is 1.62 bits per heavy atom. The summed E-state index contributed by atoms with van der Waals surface area (Å²) in [5.41, 5.74) is -0.485. The Morgan fingerprint density at radius 3 is 1.94 bits per heavy atom. The molecule has 4 heteroatoms. The van der Waals surface area contributed by atoms with Crippen molar-refractivity contribution >= 4 is 11.8 Å². The van der Waals surface area contributed by atoms with Gasteiger partial charge in [-0.1, -0.05) is 20.8 Å². The van der Waals surface area contributed by atoms with Crippen LogP contribution in [-0.2, 0) is 9.59 Å². The summed E-state index contributed by atoms with van der Waals surface area (Å²) in [6.45, 7) is 9.38. The maximum atomic E-state index is 11.9. The molecule has 94 valence electrons. The minimum absolute atomic E-state index is 0.0478. The van der Waals surface area contributed by atoms with E-state index in [1.807, 2.05) is 34.6 Å². The first-order chi connectivity index (χ1) is 7.16. The largest absolute Gasteiger partial charge is 0.359 e. The SMILES string of the molecule is CNC(=O)C(C)C(C)(C)N(C)C(=O)C(C)C. The van der Waals surface area contributed by atoms with Gasteiger partial charge in [-0.05, 0) is 13.8 Å². The third kappa shape index (κ3) is 2.97. The minimum atomic E-state index is -0.485. The number of hydrogen-bond acceptors (Lipinski definition) is 2. The molecule has 0 bridgehead atoms. The zero-order chi connectivity index (χ0) is 13.1. The van der Waals surface area contributed by atoms with E-state index in [2.05, 4.69) is 5.32 Å². The van der Waals surface area contributed by atoms with Crippen molar-refractivity contribution in [2.24, 2.45) is 11.8 Å². The predicted octanol–water partition coefficient (Wildman–Crippen LogP) is 1.26. The lowest BCUT2D eigenvalue weighted by atomic mass is 9.86. The summed E-state index contributed by atoms with van der Waals surface area (Å²) in [7, 11) is 3.36. The van der Waals surface area contributed by atoms with E-state index in [9.17, 15) is 9.59 Å². The highest BCUT2D eigenvalue weighted by Gasteiger charge is 2.37. The first-order valence-electron chi connectivity index (χ1n) is 5.65. The topological polar surface area (TPSA) is 49.4 Å². The molecular weight excluding hydrogens is 204 g/mol. The van der Waals surface area contributed by atoms with E-state index in [0.29, 0.717) is 0 Å². The van der Waals surface area contributed by atoms with Crippen LogP contribution in [0.15, 0.2) is 0 Å². The first kappa shape index (κ1) is 14.9. The predicted molar refractivity (Wildman–Crippen MR) is 64.9 cm³/mol. The van der Waals surface area contributed by atoms with Crippen LogP contribution in [0, 0.1) is 11.8 Å². The lowest BCUT2D eigenvalue weighted by Crippen LogP contribution is -2.54. The molecule has 0 aliphatic carbocycles. The smallest absolute Gasteiger partial charge is 0.225 e. The molecule has 0 aromatic rings. The van der Waals surface area contributed by atoms with Crippen molar-refractivity contribution in [2.75, 3.05) is 14.1 Å². The second-order valence-electron chi connectivity index (χ2n) is 5.04. The number of nitrogens with zero attached hydrogens (tertiary/aromatic N) is 1. The van der Waals surface area contributed by atoms with Gasteiger partial charge in [0.2, 0.25) is 11.8 Å². The van der Waals surface area contributed by atoms with Crippen molar-refractivity contribution in [2.45, 2.75) is 40.2 Å². The van der Waals surface area contributed by atoms with E-state index in [0.717, 1.165) is 0 Å². The van der Waals surface area contributed by atoms with Gasteiger partial charge < -0.3 is 10.2 Å². The average Bonchev–Trinajstić information content (AvgIpc) is 2.24. The zero-order valence-corrected chi connectivity index (χ0v) is 11.4. The second-order valence-corrected chi connectivity index (χ2v) is 5.04. The van der Waals surface area contributed by atoms with E-state index >= 15 is 0 Å². The van der Waals surface area contributed by atoms with Gasteiger partial charge in [0.25, 0.3) is 0 Å². The van der Waals surface area contributed by atoms with Crippen LogP contribution in [0.1, 0.15) is 34.6 Å². The maximum Gasteiger partial charge on any atom is 0.225 e. The Balaban J connectivity index is 4.90. The molecule has 1 N–H and O–H groups in total. The summed E-state index contributed by atoms with van der Waals surface area (Å²) in [4.78, 5) is 25.2. The summed E-state index contributed by atoms with van der Waals surface area (Å²) in [6, 6.07) is 0. The van der Waals surface area contributed by atoms with E-state index < -0.39 is 5.54 Å². The molecule has 0 saturated heterocycles. The van der Waals surface area contributed by atoms with Crippen molar-refractivity contribution in [3.05, 3.63) is 0 Å². The van der Waals surface area contributed by atoms with Crippen molar-refractivity contribution in [1.29, 1.82) is 0 Å². The third-order valence-corrected chi connectivity index (χ3v) is 3.39. The van der Waals surface area contributed by atoms with Gasteiger partial charge in [0, 0.05) is 25.6 Å². The van der Waals surface area contributed by atoms with Crippen LogP contribution in [0.4, 0.5) is 0 Å². The number of amides is 2. The van der Waals surface area contributed by atoms with Crippen LogP contribution in [0.2, 0.25) is 0 Å². The number of rotatable bonds is 4. The molecule has 1 unspecified atom stereocenters. The Labute approximate surface area is 98.4 Å². The number of nitrogens with one attached hydrogen (secondary N) is 1. The molecule has 0 heterocycles. The average molecular weight is 228 g/mol. The molecule has 0 fully saturated rings. The Bertz CT molecular complexity index is 272. The van der Waals surface area contributed by atoms with E-state index in [1.54, 1.807) is 19.0 Å². The highest BCUT2D eigenvalue weighted by molar-refractivity contribution is 5.82. The summed E-state index contributed by atoms with van der Waals surface area (Å²) >= 11 is 0. The molecule has 0 aliphatic heterocycles. The number of hydrogen-bond donors (Lipinski definition) is 1. The summed E-state index contributed by atoms with van der Waals surface area (Å²) in [5.74, 6) is -0.291. The molecule has 0 aromatic heterocycles. The minimum Gasteiger partial charge on any atom is -0.359 e. The molecule has 0 rings (SSSR count). The normalized spacial score (nSPS) is 13.5. The van der Waals surface area contributed by atoms with Crippen molar-refractivity contribution < 1.29 is 9.59 Å². The van der Waals surface area contributed by atoms with Crippen LogP contribution in [0.25, 0.3) is 0 Å². The molecule has 0 aliphatic rings. The molecule has 4 nitrogen and oxygen atoms in total. The van der Waals surface area contributed by atoms with Gasteiger partial charge in [-0.25, -0.2) is 0 Å². The van der Waals surface area contributed by atoms with Crippen LogP contribution < -0.4 is 5.32 Å². The molecule has 16 heavy (non-hydrogen) atoms. The first-order valence-corrected chi connectivity index (χ1v) is 5.65. The Kier molecular flexibility index (Phi) is 4.97. The van der Waals surface area contributed by atoms with Crippen LogP contribution in [0.5, 0.6) is 0 Å². The molecular formula is C12H24N2O2. The fourth-order valence-corrected chi connectivity index (χ4v) is 1.50. The molecule has 0 radical (unpaired) electrons. The van der Waals surface area contributed by atoms with Crippen molar-refractivity contribution in [3.8, 4) is 0 Å². The number of carbonyl (C=O) groups excluding carboxylic acids is 2. The Hall–Kier alpha value is -1.06. The monoisotopic (exact) mass is 228 g/mol. The molecule has 0 saturated carbocycles. The zero-order valence-electron chi connectivity index (χ0n) is 11.4. The second kappa shape index (κ2) is 5.32. The van der Waals surface area contributed by atoms with E-state index in [1.165, 1.54) is 0 Å². The molecule has 1 atom stereocenters. The summed E-state index contributed by atoms with van der Waals surface area (Å²) in [5, 5.41) is 2.62. The van der Waals surface area contributed by atoms with Gasteiger partial charge in [-0.15, -0.1) is 0 Å². The van der Waals surface area contributed by atoms with Gasteiger partial charge in [-0.2, -0.15) is 0 Å². The van der Waals surface area contributed by atoms with E-state index in [-0.39, 0.29) is 23.7 Å². The quantitative estimate of drug-likeness (QED) is 0.787. The van der Waals surface area contributed by atoms with Crippen LogP contribution >= 0.6 is 0 Å². The Morgan fingerprint density at radius 1 is 1.19 bits per heavy atom. The van der Waals surface area contributed by atoms with E-state index in [4.69, 9.17) is 0 Å². The number of carbonyl (C=O) groups is 2. The highest BCUT2D eigenvalue weighted by Crippen LogP contribution is 2.24. The van der Waals surface area contributed by atoms with Gasteiger partial charge in [0.1, 0.15) is 0 Å². The molecule has 0 aromatic carbocycles. The van der Waals surface area contributed by atoms with Crippen molar-refractivity contribution in [3.63, 3.8) is 0 Å². The summed E-state index contributed by atoms with van der Waals surface area (Å²) < 4.78 is 0. The highest BCUT2D eigenvalue weighted by atomic mass is 16.2. The van der Waals surface area contributed by atoms with Gasteiger partial charge in [0.05, 0.1) is 5.92 Å². The fourth-order valence-electron chi connectivity index (χ4n) is 1.50. The van der Waals surface area contributed by atoms with Gasteiger partial charge in [-0.3, -0.25) is 9.59 Å². The van der Waals surface area contributed by atoms with Crippen LogP contribution in [-0.4, -0.2) is 36.3 Å². The van der Waals surface area contributed by atoms with Gasteiger partial charge >= 0.3 is 0 Å². The van der Waals surface area contributed by atoms with Gasteiger partial charge in [0.15, 0.2) is 0 Å². The lowest BCUT2D eigenvalue weighted by molar-refractivity contribution is -0.142.